The van der Waals surface area contributed by atoms with Crippen molar-refractivity contribution in [3.63, 3.8) is 0 Å². The number of aliphatic hydroxyl groups is 2. The van der Waals surface area contributed by atoms with Crippen LogP contribution in [-0.2, 0) is 0 Å². The van der Waals surface area contributed by atoms with E-state index in [9.17, 15) is 9.50 Å². The Balaban J connectivity index is 2.61. The first-order valence-electron chi connectivity index (χ1n) is 5.70. The molecule has 20 heavy (non-hydrogen) atoms. The Morgan fingerprint density at radius 2 is 2.15 bits per heavy atom. The molecule has 0 spiro atoms. The van der Waals surface area contributed by atoms with Crippen molar-refractivity contribution in [3.05, 3.63) is 52.6 Å². The molecule has 0 aliphatic carbocycles. The van der Waals surface area contributed by atoms with Gasteiger partial charge in [0.25, 0.3) is 0 Å². The third-order valence-corrected chi connectivity index (χ3v) is 3.16. The van der Waals surface area contributed by atoms with E-state index < -0.39 is 18.5 Å². The Bertz CT molecular complexity index is 685. The average molecular weight is 293 g/mol. The van der Waals surface area contributed by atoms with Crippen molar-refractivity contribution in [3.8, 4) is 17.2 Å². The topological polar surface area (TPSA) is 77.1 Å². The van der Waals surface area contributed by atoms with Gasteiger partial charge in [-0.2, -0.15) is 5.26 Å². The van der Waals surface area contributed by atoms with E-state index in [1.54, 1.807) is 6.07 Å². The molecule has 2 N–H and O–H groups in total. The van der Waals surface area contributed by atoms with Gasteiger partial charge in [0.15, 0.2) is 0 Å². The number of halogens is 2. The van der Waals surface area contributed by atoms with E-state index in [4.69, 9.17) is 22.0 Å². The molecule has 0 bridgehead atoms. The van der Waals surface area contributed by atoms with E-state index in [0.717, 1.165) is 6.20 Å². The lowest BCUT2D eigenvalue weighted by Gasteiger charge is -2.14. The second-order valence-electron chi connectivity index (χ2n) is 4.09. The highest BCUT2D eigenvalue weighted by molar-refractivity contribution is 6.32. The summed E-state index contributed by atoms with van der Waals surface area (Å²) in [6.45, 7) is -0.613. The summed E-state index contributed by atoms with van der Waals surface area (Å²) in [5.41, 5.74) is 1.06. The maximum Gasteiger partial charge on any atom is 0.147 e. The number of aromatic nitrogens is 1. The van der Waals surface area contributed by atoms with Crippen LogP contribution in [0.5, 0.6) is 0 Å². The molecular weight excluding hydrogens is 283 g/mol. The average Bonchev–Trinajstić information content (AvgIpc) is 2.46. The van der Waals surface area contributed by atoms with Crippen LogP contribution in [0.4, 0.5) is 4.39 Å². The van der Waals surface area contributed by atoms with Crippen LogP contribution in [0.1, 0.15) is 17.2 Å². The maximum atomic E-state index is 13.8. The van der Waals surface area contributed by atoms with Gasteiger partial charge >= 0.3 is 0 Å². The van der Waals surface area contributed by atoms with Crippen molar-refractivity contribution < 1.29 is 14.6 Å². The van der Waals surface area contributed by atoms with E-state index in [1.165, 1.54) is 18.3 Å². The number of hydrogen-bond donors (Lipinski definition) is 2. The van der Waals surface area contributed by atoms with Gasteiger partial charge in [-0.15, -0.1) is 0 Å². The summed E-state index contributed by atoms with van der Waals surface area (Å²) in [7, 11) is 0. The number of rotatable bonds is 3. The van der Waals surface area contributed by atoms with Gasteiger partial charge in [0.2, 0.25) is 0 Å². The fraction of sp³-hybridized carbons (Fsp3) is 0.143. The molecule has 6 heteroatoms. The predicted molar refractivity (Wildman–Crippen MR) is 71.4 cm³/mol. The lowest BCUT2D eigenvalue weighted by Crippen LogP contribution is -2.08. The van der Waals surface area contributed by atoms with Crippen LogP contribution < -0.4 is 0 Å². The van der Waals surface area contributed by atoms with Gasteiger partial charge in [-0.05, 0) is 17.7 Å². The molecule has 1 atom stereocenters. The summed E-state index contributed by atoms with van der Waals surface area (Å²) in [6.07, 6.45) is 0.972. The highest BCUT2D eigenvalue weighted by Gasteiger charge is 2.18. The SMILES string of the molecule is N#Cc1ccc(-c2cncc(F)c2C(O)CO)cc1Cl. The molecule has 0 saturated heterocycles. The molecule has 0 saturated carbocycles. The Labute approximate surface area is 119 Å². The second-order valence-corrected chi connectivity index (χ2v) is 4.49. The van der Waals surface area contributed by atoms with Gasteiger partial charge in [-0.1, -0.05) is 17.7 Å². The summed E-state index contributed by atoms with van der Waals surface area (Å²) in [4.78, 5) is 3.73. The molecule has 1 aromatic heterocycles. The Morgan fingerprint density at radius 3 is 2.75 bits per heavy atom. The molecule has 2 rings (SSSR count). The first-order chi connectivity index (χ1) is 9.58. The number of benzene rings is 1. The van der Waals surface area contributed by atoms with Crippen molar-refractivity contribution in [1.82, 2.24) is 4.98 Å². The molecule has 0 amide bonds. The number of nitriles is 1. The Morgan fingerprint density at radius 1 is 1.40 bits per heavy atom. The molecule has 102 valence electrons. The highest BCUT2D eigenvalue weighted by atomic mass is 35.5. The zero-order valence-corrected chi connectivity index (χ0v) is 11.0. The molecule has 0 aliphatic rings. The zero-order chi connectivity index (χ0) is 14.7. The van der Waals surface area contributed by atoms with Crippen LogP contribution in [0.15, 0.2) is 30.6 Å². The normalized spacial score (nSPS) is 11.9. The Kier molecular flexibility index (Phi) is 4.30. The molecule has 1 unspecified atom stereocenters. The van der Waals surface area contributed by atoms with Gasteiger partial charge in [-0.25, -0.2) is 4.39 Å². The van der Waals surface area contributed by atoms with E-state index >= 15 is 0 Å². The van der Waals surface area contributed by atoms with E-state index in [2.05, 4.69) is 4.98 Å². The van der Waals surface area contributed by atoms with Crippen molar-refractivity contribution in [1.29, 1.82) is 5.26 Å². The fourth-order valence-corrected chi connectivity index (χ4v) is 2.10. The molecule has 2 aromatic rings. The second kappa shape index (κ2) is 5.97. The molecule has 4 nitrogen and oxygen atoms in total. The highest BCUT2D eigenvalue weighted by Crippen LogP contribution is 2.31. The van der Waals surface area contributed by atoms with Gasteiger partial charge in [0.1, 0.15) is 18.0 Å². The lowest BCUT2D eigenvalue weighted by atomic mass is 9.97. The van der Waals surface area contributed by atoms with Gasteiger partial charge in [-0.3, -0.25) is 4.98 Å². The minimum Gasteiger partial charge on any atom is -0.393 e. The summed E-state index contributed by atoms with van der Waals surface area (Å²) < 4.78 is 13.8. The van der Waals surface area contributed by atoms with Crippen molar-refractivity contribution in [2.75, 3.05) is 6.61 Å². The van der Waals surface area contributed by atoms with Crippen molar-refractivity contribution in [2.45, 2.75) is 6.10 Å². The number of nitrogens with zero attached hydrogens (tertiary/aromatic N) is 2. The summed E-state index contributed by atoms with van der Waals surface area (Å²) >= 11 is 5.94. The molecule has 0 radical (unpaired) electrons. The number of pyridine rings is 1. The van der Waals surface area contributed by atoms with Crippen LogP contribution in [0.3, 0.4) is 0 Å². The van der Waals surface area contributed by atoms with Gasteiger partial charge < -0.3 is 10.2 Å². The zero-order valence-electron chi connectivity index (χ0n) is 10.2. The van der Waals surface area contributed by atoms with Gasteiger partial charge in [0, 0.05) is 17.3 Å². The molecule has 1 heterocycles. The first-order valence-corrected chi connectivity index (χ1v) is 6.08. The van der Waals surface area contributed by atoms with E-state index in [0.29, 0.717) is 16.7 Å². The molecule has 0 fully saturated rings. The van der Waals surface area contributed by atoms with Crippen molar-refractivity contribution in [2.24, 2.45) is 0 Å². The summed E-state index contributed by atoms with van der Waals surface area (Å²) in [5, 5.41) is 27.8. The van der Waals surface area contributed by atoms with Crippen LogP contribution in [0, 0.1) is 17.1 Å². The minimum absolute atomic E-state index is 0.0525. The number of aliphatic hydroxyl groups excluding tert-OH is 2. The standard InChI is InChI=1S/C14H10ClFN2O2/c15-11-3-8(1-2-9(11)4-17)10-5-18-6-12(16)14(10)13(20)7-19/h1-3,5-6,13,19-20H,7H2. The predicted octanol–water partition coefficient (Wildman–Crippen LogP) is 2.44. The molecule has 0 aliphatic heterocycles. The van der Waals surface area contributed by atoms with Crippen LogP contribution in [0.25, 0.3) is 11.1 Å². The maximum absolute atomic E-state index is 13.8. The third kappa shape index (κ3) is 2.63. The fourth-order valence-electron chi connectivity index (χ4n) is 1.88. The molecule has 1 aromatic carbocycles. The third-order valence-electron chi connectivity index (χ3n) is 2.85. The minimum atomic E-state index is -1.36. The quantitative estimate of drug-likeness (QED) is 0.911. The van der Waals surface area contributed by atoms with E-state index in [-0.39, 0.29) is 10.6 Å². The monoisotopic (exact) mass is 292 g/mol. The summed E-state index contributed by atoms with van der Waals surface area (Å²) in [6, 6.07) is 6.49. The van der Waals surface area contributed by atoms with Crippen LogP contribution in [0.2, 0.25) is 5.02 Å². The largest absolute Gasteiger partial charge is 0.393 e. The van der Waals surface area contributed by atoms with Crippen molar-refractivity contribution >= 4 is 11.6 Å². The first kappa shape index (κ1) is 14.4. The van der Waals surface area contributed by atoms with Gasteiger partial charge in [0.05, 0.1) is 23.4 Å². The lowest BCUT2D eigenvalue weighted by molar-refractivity contribution is 0.0929. The molecular formula is C14H10ClFN2O2. The Hall–Kier alpha value is -2.00. The van der Waals surface area contributed by atoms with Crippen LogP contribution in [-0.4, -0.2) is 21.8 Å². The number of hydrogen-bond acceptors (Lipinski definition) is 4. The van der Waals surface area contributed by atoms with E-state index in [1.807, 2.05) is 6.07 Å². The van der Waals surface area contributed by atoms with Crippen LogP contribution >= 0.6 is 11.6 Å². The smallest absolute Gasteiger partial charge is 0.147 e. The summed E-state index contributed by atoms with van der Waals surface area (Å²) in [5.74, 6) is -0.718.